The highest BCUT2D eigenvalue weighted by Gasteiger charge is 2.40. The standard InChI is InChI=1S/C24H29N7O4/c1-4-28-9-10-30(24(2,3)14-28)23(35)18-13-31(27-26-18)16-5-6-17-15(11-16)12-29(22(17)34)19-7-8-20(32)25-21(19)33/h5-6,11,13,19H,4,7-10,12,14H2,1-3H3,(H,25,32,33). The number of imide groups is 1. The Morgan fingerprint density at radius 3 is 2.71 bits per heavy atom. The maximum atomic E-state index is 13.2. The van der Waals surface area contributed by atoms with Crippen LogP contribution in [0.1, 0.15) is 60.0 Å². The van der Waals surface area contributed by atoms with E-state index in [1.807, 2.05) is 11.0 Å². The lowest BCUT2D eigenvalue weighted by molar-refractivity contribution is -0.136. The second-order valence-corrected chi connectivity index (χ2v) is 9.93. The highest BCUT2D eigenvalue weighted by molar-refractivity contribution is 6.05. The molecule has 5 rings (SSSR count). The van der Waals surface area contributed by atoms with Crippen LogP contribution in [-0.4, -0.2) is 91.1 Å². The lowest BCUT2D eigenvalue weighted by Crippen LogP contribution is -2.60. The van der Waals surface area contributed by atoms with Gasteiger partial charge in [-0.3, -0.25) is 29.4 Å². The number of hydrogen-bond acceptors (Lipinski definition) is 7. The zero-order valence-corrected chi connectivity index (χ0v) is 20.2. The Labute approximate surface area is 203 Å². The zero-order valence-electron chi connectivity index (χ0n) is 20.2. The Balaban J connectivity index is 1.33. The van der Waals surface area contributed by atoms with E-state index in [1.54, 1.807) is 18.3 Å². The maximum absolute atomic E-state index is 13.2. The second-order valence-electron chi connectivity index (χ2n) is 9.93. The van der Waals surface area contributed by atoms with Gasteiger partial charge in [0.05, 0.1) is 17.4 Å². The molecule has 2 fully saturated rings. The molecule has 1 aromatic heterocycles. The van der Waals surface area contributed by atoms with Crippen molar-refractivity contribution in [3.63, 3.8) is 0 Å². The van der Waals surface area contributed by atoms with Crippen molar-refractivity contribution in [2.24, 2.45) is 0 Å². The maximum Gasteiger partial charge on any atom is 0.276 e. The second kappa shape index (κ2) is 8.56. The van der Waals surface area contributed by atoms with Gasteiger partial charge in [-0.1, -0.05) is 12.1 Å². The summed E-state index contributed by atoms with van der Waals surface area (Å²) in [7, 11) is 0. The molecule has 1 atom stereocenters. The molecular weight excluding hydrogens is 450 g/mol. The number of nitrogens with one attached hydrogen (secondary N) is 1. The average Bonchev–Trinajstić information content (AvgIpc) is 3.43. The van der Waals surface area contributed by atoms with Crippen molar-refractivity contribution in [2.45, 2.75) is 51.7 Å². The number of nitrogens with zero attached hydrogens (tertiary/aromatic N) is 6. The number of aromatic nitrogens is 3. The first-order valence-corrected chi connectivity index (χ1v) is 11.9. The summed E-state index contributed by atoms with van der Waals surface area (Å²) in [5.41, 5.74) is 1.90. The summed E-state index contributed by atoms with van der Waals surface area (Å²) in [6.07, 6.45) is 2.14. The monoisotopic (exact) mass is 479 g/mol. The van der Waals surface area contributed by atoms with Crippen LogP contribution in [0.3, 0.4) is 0 Å². The fourth-order valence-electron chi connectivity index (χ4n) is 5.23. The number of benzene rings is 1. The van der Waals surface area contributed by atoms with E-state index >= 15 is 0 Å². The van der Waals surface area contributed by atoms with E-state index in [0.717, 1.165) is 25.2 Å². The fraction of sp³-hybridized carbons (Fsp3) is 0.500. The summed E-state index contributed by atoms with van der Waals surface area (Å²) in [6.45, 7) is 9.70. The largest absolute Gasteiger partial charge is 0.330 e. The Morgan fingerprint density at radius 2 is 2.00 bits per heavy atom. The van der Waals surface area contributed by atoms with Gasteiger partial charge in [0.15, 0.2) is 5.69 Å². The van der Waals surface area contributed by atoms with E-state index in [2.05, 4.69) is 41.3 Å². The quantitative estimate of drug-likeness (QED) is 0.637. The number of hydrogen-bond donors (Lipinski definition) is 1. The highest BCUT2D eigenvalue weighted by Crippen LogP contribution is 2.29. The van der Waals surface area contributed by atoms with Crippen LogP contribution >= 0.6 is 0 Å². The van der Waals surface area contributed by atoms with Crippen molar-refractivity contribution in [3.8, 4) is 5.69 Å². The van der Waals surface area contributed by atoms with Crippen LogP contribution in [-0.2, 0) is 16.1 Å². The van der Waals surface area contributed by atoms with Crippen LogP contribution in [0.25, 0.3) is 5.69 Å². The minimum atomic E-state index is -0.664. The van der Waals surface area contributed by atoms with Crippen molar-refractivity contribution in [3.05, 3.63) is 41.2 Å². The van der Waals surface area contributed by atoms with Gasteiger partial charge in [-0.25, -0.2) is 4.68 Å². The van der Waals surface area contributed by atoms with Gasteiger partial charge in [-0.2, -0.15) is 0 Å². The molecule has 0 saturated carbocycles. The SMILES string of the molecule is CCN1CCN(C(=O)c2cn(-c3ccc4c(c3)CN(C3CCC(=O)NC3=O)C4=O)nn2)C(C)(C)C1. The number of carbonyl (C=O) groups is 4. The summed E-state index contributed by atoms with van der Waals surface area (Å²) in [4.78, 5) is 55.6. The van der Waals surface area contributed by atoms with E-state index in [9.17, 15) is 19.2 Å². The third-order valence-electron chi connectivity index (χ3n) is 7.16. The van der Waals surface area contributed by atoms with Crippen molar-refractivity contribution >= 4 is 23.6 Å². The Kier molecular flexibility index (Phi) is 5.66. The minimum absolute atomic E-state index is 0.155. The number of carbonyl (C=O) groups excluding carboxylic acids is 4. The first kappa shape index (κ1) is 23.2. The molecular formula is C24H29N7O4. The molecule has 3 aliphatic heterocycles. The molecule has 11 heteroatoms. The molecule has 0 aliphatic carbocycles. The predicted octanol–water partition coefficient (Wildman–Crippen LogP) is 0.585. The molecule has 1 aromatic carbocycles. The van der Waals surface area contributed by atoms with Gasteiger partial charge in [0, 0.05) is 38.2 Å². The molecule has 4 amide bonds. The van der Waals surface area contributed by atoms with E-state index in [0.29, 0.717) is 24.2 Å². The number of piperidine rings is 1. The van der Waals surface area contributed by atoms with Crippen LogP contribution in [0.2, 0.25) is 0 Å². The summed E-state index contributed by atoms with van der Waals surface area (Å²) < 4.78 is 1.53. The Bertz CT molecular complexity index is 1220. The van der Waals surface area contributed by atoms with Crippen molar-refractivity contribution in [2.75, 3.05) is 26.2 Å². The number of fused-ring (bicyclic) bond motifs is 1. The van der Waals surface area contributed by atoms with Crippen LogP contribution < -0.4 is 5.32 Å². The van der Waals surface area contributed by atoms with Gasteiger partial charge in [-0.15, -0.1) is 5.10 Å². The van der Waals surface area contributed by atoms with E-state index in [1.165, 1.54) is 9.58 Å². The summed E-state index contributed by atoms with van der Waals surface area (Å²) in [5, 5.41) is 10.6. The van der Waals surface area contributed by atoms with E-state index in [-0.39, 0.29) is 41.9 Å². The van der Waals surface area contributed by atoms with E-state index < -0.39 is 11.9 Å². The van der Waals surface area contributed by atoms with Gasteiger partial charge in [-0.05, 0) is 50.6 Å². The Morgan fingerprint density at radius 1 is 1.20 bits per heavy atom. The molecule has 11 nitrogen and oxygen atoms in total. The highest BCUT2D eigenvalue weighted by atomic mass is 16.2. The van der Waals surface area contributed by atoms with Gasteiger partial charge in [0.1, 0.15) is 6.04 Å². The molecule has 2 saturated heterocycles. The first-order valence-electron chi connectivity index (χ1n) is 11.9. The summed E-state index contributed by atoms with van der Waals surface area (Å²) in [6, 6.07) is 4.61. The van der Waals surface area contributed by atoms with Crippen molar-refractivity contribution < 1.29 is 19.2 Å². The van der Waals surface area contributed by atoms with Crippen LogP contribution in [0.15, 0.2) is 24.4 Å². The fourth-order valence-corrected chi connectivity index (χ4v) is 5.23. The Hall–Kier alpha value is -3.60. The average molecular weight is 480 g/mol. The molecule has 0 radical (unpaired) electrons. The number of likely N-dealkylation sites (N-methyl/N-ethyl adjacent to an activating group) is 1. The van der Waals surface area contributed by atoms with Crippen LogP contribution in [0.5, 0.6) is 0 Å². The van der Waals surface area contributed by atoms with Gasteiger partial charge >= 0.3 is 0 Å². The lowest BCUT2D eigenvalue weighted by Gasteiger charge is -2.46. The van der Waals surface area contributed by atoms with E-state index in [4.69, 9.17) is 0 Å². The number of rotatable bonds is 4. The summed E-state index contributed by atoms with van der Waals surface area (Å²) >= 11 is 0. The zero-order chi connectivity index (χ0) is 24.9. The predicted molar refractivity (Wildman–Crippen MR) is 125 cm³/mol. The molecule has 4 heterocycles. The smallest absolute Gasteiger partial charge is 0.276 e. The van der Waals surface area contributed by atoms with Crippen LogP contribution in [0.4, 0.5) is 0 Å². The van der Waals surface area contributed by atoms with Crippen molar-refractivity contribution in [1.29, 1.82) is 0 Å². The molecule has 35 heavy (non-hydrogen) atoms. The molecule has 0 spiro atoms. The molecule has 3 aliphatic rings. The third-order valence-corrected chi connectivity index (χ3v) is 7.16. The minimum Gasteiger partial charge on any atom is -0.330 e. The summed E-state index contributed by atoms with van der Waals surface area (Å²) in [5.74, 6) is -1.14. The lowest BCUT2D eigenvalue weighted by atomic mass is 9.98. The van der Waals surface area contributed by atoms with Crippen molar-refractivity contribution in [1.82, 2.24) is 35.0 Å². The van der Waals surface area contributed by atoms with Gasteiger partial charge in [0.25, 0.3) is 11.8 Å². The number of amides is 4. The van der Waals surface area contributed by atoms with Crippen LogP contribution in [0, 0.1) is 0 Å². The molecule has 1 unspecified atom stereocenters. The molecule has 2 aromatic rings. The molecule has 1 N–H and O–H groups in total. The normalized spacial score (nSPS) is 22.4. The van der Waals surface area contributed by atoms with Gasteiger partial charge < -0.3 is 9.80 Å². The molecule has 0 bridgehead atoms. The molecule has 184 valence electrons. The van der Waals surface area contributed by atoms with Gasteiger partial charge in [0.2, 0.25) is 11.8 Å². The number of piperazine rings is 1. The third kappa shape index (κ3) is 4.09. The first-order chi connectivity index (χ1) is 16.7. The topological polar surface area (TPSA) is 121 Å².